The van der Waals surface area contributed by atoms with Crippen molar-refractivity contribution in [3.8, 4) is 62.4 Å². The van der Waals surface area contributed by atoms with E-state index in [2.05, 4.69) is 95.6 Å². The first-order chi connectivity index (χ1) is 25.7. The lowest BCUT2D eigenvalue weighted by molar-refractivity contribution is 0.574. The Balaban J connectivity index is 1.05. The number of fused-ring (bicyclic) bond motifs is 4. The van der Waals surface area contributed by atoms with Gasteiger partial charge in [0.05, 0.1) is 11.0 Å². The molecule has 0 N–H and O–H groups in total. The van der Waals surface area contributed by atoms with Crippen LogP contribution in [-0.2, 0) is 0 Å². The fourth-order valence-electron chi connectivity index (χ4n) is 6.97. The molecule has 52 heavy (non-hydrogen) atoms. The maximum atomic E-state index is 6.25. The number of para-hydroxylation sites is 3. The Morgan fingerprint density at radius 2 is 0.846 bits per heavy atom. The molecule has 0 radical (unpaired) electrons. The van der Waals surface area contributed by atoms with E-state index in [4.69, 9.17) is 24.4 Å². The van der Waals surface area contributed by atoms with E-state index in [1.807, 2.05) is 84.9 Å². The molecule has 3 aromatic heterocycles. The second-order valence-corrected chi connectivity index (χ2v) is 12.7. The van der Waals surface area contributed by atoms with Crippen molar-refractivity contribution in [2.45, 2.75) is 0 Å². The maximum absolute atomic E-state index is 6.25. The molecule has 0 spiro atoms. The zero-order valence-electron chi connectivity index (χ0n) is 27.9. The van der Waals surface area contributed by atoms with Gasteiger partial charge in [0.2, 0.25) is 0 Å². The van der Waals surface area contributed by atoms with Crippen molar-refractivity contribution >= 4 is 32.9 Å². The lowest BCUT2D eigenvalue weighted by atomic mass is 9.97. The average Bonchev–Trinajstić information content (AvgIpc) is 3.80. The normalized spacial score (nSPS) is 11.5. The average molecular weight is 668 g/mol. The van der Waals surface area contributed by atoms with Gasteiger partial charge in [-0.05, 0) is 64.7 Å². The molecule has 0 saturated carbocycles. The Bertz CT molecular complexity index is 2820. The van der Waals surface area contributed by atoms with Gasteiger partial charge < -0.3 is 4.42 Å². The Hall–Kier alpha value is -7.18. The summed E-state index contributed by atoms with van der Waals surface area (Å²) in [5.74, 6) is 1.92. The number of aromatic nitrogens is 5. The molecule has 0 amide bonds. The molecule has 10 aromatic rings. The van der Waals surface area contributed by atoms with Crippen molar-refractivity contribution in [1.82, 2.24) is 24.5 Å². The van der Waals surface area contributed by atoms with Gasteiger partial charge in [-0.2, -0.15) is 4.98 Å². The first kappa shape index (κ1) is 29.7. The molecule has 0 aliphatic rings. The maximum Gasteiger partial charge on any atom is 0.307 e. The number of hydrogen-bond acceptors (Lipinski definition) is 5. The van der Waals surface area contributed by atoms with Crippen LogP contribution in [0.15, 0.2) is 180 Å². The fourth-order valence-corrected chi connectivity index (χ4v) is 6.97. The molecule has 0 bridgehead atoms. The highest BCUT2D eigenvalue weighted by Crippen LogP contribution is 2.37. The van der Waals surface area contributed by atoms with Gasteiger partial charge in [0.1, 0.15) is 5.52 Å². The van der Waals surface area contributed by atoms with Crippen LogP contribution < -0.4 is 0 Å². The summed E-state index contributed by atoms with van der Waals surface area (Å²) in [6.07, 6.45) is 0. The third-order valence-electron chi connectivity index (χ3n) is 9.50. The summed E-state index contributed by atoms with van der Waals surface area (Å²) in [7, 11) is 0. The molecule has 0 fully saturated rings. The first-order valence-corrected chi connectivity index (χ1v) is 17.2. The van der Waals surface area contributed by atoms with E-state index in [0.29, 0.717) is 23.5 Å². The Kier molecular flexibility index (Phi) is 7.03. The van der Waals surface area contributed by atoms with Gasteiger partial charge >= 0.3 is 6.01 Å². The van der Waals surface area contributed by atoms with Crippen LogP contribution in [0.3, 0.4) is 0 Å². The van der Waals surface area contributed by atoms with Crippen molar-refractivity contribution in [2.24, 2.45) is 0 Å². The second kappa shape index (κ2) is 12.3. The molecule has 0 aliphatic carbocycles. The van der Waals surface area contributed by atoms with Crippen LogP contribution in [0.5, 0.6) is 0 Å². The standard InChI is InChI=1S/C46H29N5O/c1-3-13-30(14-4-1)43-48-44(31-15-5-2-6-16-31)50-45(49-43)36-20-12-19-34(28-36)32-17-11-18-33(27-32)35-25-26-41-38(29-35)37-21-7-9-23-40(37)51(41)46-47-39-22-8-10-24-42(39)52-46/h1-29H. The second-order valence-electron chi connectivity index (χ2n) is 12.7. The summed E-state index contributed by atoms with van der Waals surface area (Å²) in [4.78, 5) is 19.6. The molecule has 6 nitrogen and oxygen atoms in total. The lowest BCUT2D eigenvalue weighted by Gasteiger charge is -2.10. The highest BCUT2D eigenvalue weighted by atomic mass is 16.4. The van der Waals surface area contributed by atoms with Crippen LogP contribution in [0.2, 0.25) is 0 Å². The van der Waals surface area contributed by atoms with E-state index in [9.17, 15) is 0 Å². The fraction of sp³-hybridized carbons (Fsp3) is 0. The summed E-state index contributed by atoms with van der Waals surface area (Å²) in [5, 5.41) is 2.29. The van der Waals surface area contributed by atoms with Gasteiger partial charge in [-0.25, -0.2) is 15.0 Å². The van der Waals surface area contributed by atoms with E-state index in [1.165, 1.54) is 0 Å². The Labute approximate surface area is 299 Å². The molecule has 0 aliphatic heterocycles. The summed E-state index contributed by atoms with van der Waals surface area (Å²) >= 11 is 0. The van der Waals surface area contributed by atoms with Gasteiger partial charge in [-0.15, -0.1) is 0 Å². The van der Waals surface area contributed by atoms with E-state index in [-0.39, 0.29) is 0 Å². The molecule has 7 aromatic carbocycles. The van der Waals surface area contributed by atoms with Gasteiger partial charge in [-0.3, -0.25) is 4.57 Å². The van der Waals surface area contributed by atoms with E-state index in [0.717, 1.165) is 71.8 Å². The van der Waals surface area contributed by atoms with Crippen molar-refractivity contribution in [1.29, 1.82) is 0 Å². The number of oxazole rings is 1. The molecule has 0 saturated heterocycles. The topological polar surface area (TPSA) is 69.6 Å². The van der Waals surface area contributed by atoms with E-state index in [1.54, 1.807) is 0 Å². The van der Waals surface area contributed by atoms with E-state index < -0.39 is 0 Å². The molecule has 10 rings (SSSR count). The van der Waals surface area contributed by atoms with Crippen molar-refractivity contribution < 1.29 is 4.42 Å². The number of hydrogen-bond donors (Lipinski definition) is 0. The Morgan fingerprint density at radius 1 is 0.346 bits per heavy atom. The summed E-state index contributed by atoms with van der Waals surface area (Å²) in [6.45, 7) is 0. The van der Waals surface area contributed by atoms with Gasteiger partial charge in [0.15, 0.2) is 23.1 Å². The van der Waals surface area contributed by atoms with Crippen LogP contribution in [0.25, 0.3) is 95.3 Å². The number of rotatable bonds is 6. The zero-order chi connectivity index (χ0) is 34.4. The van der Waals surface area contributed by atoms with Crippen LogP contribution in [0.4, 0.5) is 0 Å². The molecule has 6 heteroatoms. The zero-order valence-corrected chi connectivity index (χ0v) is 27.9. The van der Waals surface area contributed by atoms with Crippen molar-refractivity contribution in [3.63, 3.8) is 0 Å². The van der Waals surface area contributed by atoms with Gasteiger partial charge in [0.25, 0.3) is 0 Å². The summed E-state index contributed by atoms with van der Waals surface area (Å²) < 4.78 is 8.36. The molecule has 0 atom stereocenters. The monoisotopic (exact) mass is 667 g/mol. The van der Waals surface area contributed by atoms with Crippen molar-refractivity contribution in [3.05, 3.63) is 176 Å². The van der Waals surface area contributed by atoms with Crippen LogP contribution in [-0.4, -0.2) is 24.5 Å². The van der Waals surface area contributed by atoms with Gasteiger partial charge in [-0.1, -0.05) is 133 Å². The highest BCUT2D eigenvalue weighted by molar-refractivity contribution is 6.10. The number of nitrogens with zero attached hydrogens (tertiary/aromatic N) is 5. The first-order valence-electron chi connectivity index (χ1n) is 17.2. The SMILES string of the molecule is c1ccc(-c2nc(-c3ccccc3)nc(-c3cccc(-c4cccc(-c5ccc6c(c5)c5ccccc5n6-c5nc6ccccc6o5)c4)c3)n2)cc1. The molecule has 244 valence electrons. The van der Waals surface area contributed by atoms with Crippen LogP contribution in [0.1, 0.15) is 0 Å². The van der Waals surface area contributed by atoms with Crippen LogP contribution in [0, 0.1) is 0 Å². The Morgan fingerprint density at radius 3 is 1.52 bits per heavy atom. The lowest BCUT2D eigenvalue weighted by Crippen LogP contribution is -2.00. The summed E-state index contributed by atoms with van der Waals surface area (Å²) in [5.41, 5.74) is 11.0. The minimum Gasteiger partial charge on any atom is -0.423 e. The predicted molar refractivity (Wildman–Crippen MR) is 209 cm³/mol. The van der Waals surface area contributed by atoms with Gasteiger partial charge in [0, 0.05) is 27.5 Å². The minimum atomic E-state index is 0.562. The third-order valence-corrected chi connectivity index (χ3v) is 9.50. The third kappa shape index (κ3) is 5.22. The minimum absolute atomic E-state index is 0.562. The highest BCUT2D eigenvalue weighted by Gasteiger charge is 2.18. The van der Waals surface area contributed by atoms with Crippen LogP contribution >= 0.6 is 0 Å². The van der Waals surface area contributed by atoms with Crippen molar-refractivity contribution in [2.75, 3.05) is 0 Å². The molecule has 0 unspecified atom stereocenters. The predicted octanol–water partition coefficient (Wildman–Crippen LogP) is 11.4. The largest absolute Gasteiger partial charge is 0.423 e. The summed E-state index contributed by atoms with van der Waals surface area (Å²) in [6, 6.07) is 60.7. The molecular formula is C46H29N5O. The molecular weight excluding hydrogens is 639 g/mol. The quantitative estimate of drug-likeness (QED) is 0.176. The van der Waals surface area contributed by atoms with E-state index >= 15 is 0 Å². The smallest absolute Gasteiger partial charge is 0.307 e. The molecule has 3 heterocycles. The number of benzene rings is 7.